The first kappa shape index (κ1) is 13.3. The molecule has 2 nitrogen and oxygen atoms in total. The molecule has 5 heteroatoms. The molecule has 0 saturated heterocycles. The highest BCUT2D eigenvalue weighted by atomic mass is 19.4. The minimum atomic E-state index is -4.46. The molecule has 1 heterocycles. The number of hydrogen-bond donors (Lipinski definition) is 1. The fourth-order valence-corrected chi connectivity index (χ4v) is 1.35. The van der Waals surface area contributed by atoms with Crippen LogP contribution in [-0.2, 0) is 6.18 Å². The van der Waals surface area contributed by atoms with Crippen molar-refractivity contribution in [2.45, 2.75) is 20.0 Å². The van der Waals surface area contributed by atoms with Crippen LogP contribution >= 0.6 is 0 Å². The number of nitrogen functional groups attached to an aromatic ring is 1. The van der Waals surface area contributed by atoms with Gasteiger partial charge in [0.2, 0.25) is 0 Å². The van der Waals surface area contributed by atoms with Crippen LogP contribution in [0.2, 0.25) is 0 Å². The molecule has 0 atom stereocenters. The van der Waals surface area contributed by atoms with Gasteiger partial charge in [0.15, 0.2) is 0 Å². The second-order valence-electron chi connectivity index (χ2n) is 3.11. The number of anilines is 1. The highest BCUT2D eigenvalue weighted by molar-refractivity contribution is 5.90. The Morgan fingerprint density at radius 3 is 2.29 bits per heavy atom. The Labute approximate surface area is 97.3 Å². The maximum atomic E-state index is 12.4. The maximum Gasteiger partial charge on any atom is 0.433 e. The number of aromatic nitrogens is 1. The van der Waals surface area contributed by atoms with Gasteiger partial charge in [0.25, 0.3) is 0 Å². The van der Waals surface area contributed by atoms with Crippen LogP contribution in [0.1, 0.15) is 19.5 Å². The van der Waals surface area contributed by atoms with Gasteiger partial charge in [0.1, 0.15) is 5.69 Å². The maximum absolute atomic E-state index is 12.4. The van der Waals surface area contributed by atoms with E-state index in [0.717, 1.165) is 6.07 Å². The average Bonchev–Trinajstić information content (AvgIpc) is 2.30. The van der Waals surface area contributed by atoms with Crippen LogP contribution in [0.5, 0.6) is 0 Å². The molecule has 2 N–H and O–H groups in total. The number of pyridine rings is 1. The van der Waals surface area contributed by atoms with Crippen molar-refractivity contribution in [3.8, 4) is 0 Å². The molecule has 1 aromatic heterocycles. The summed E-state index contributed by atoms with van der Waals surface area (Å²) in [5, 5.41) is 0.533. The van der Waals surface area contributed by atoms with E-state index in [4.69, 9.17) is 5.73 Å². The highest BCUT2D eigenvalue weighted by Gasteiger charge is 2.33. The van der Waals surface area contributed by atoms with E-state index in [0.29, 0.717) is 5.39 Å². The Hall–Kier alpha value is -1.78. The third-order valence-electron chi connectivity index (χ3n) is 2.04. The molecule has 0 aliphatic rings. The van der Waals surface area contributed by atoms with E-state index in [1.165, 1.54) is 6.07 Å². The molecule has 0 aliphatic heterocycles. The zero-order valence-electron chi connectivity index (χ0n) is 9.55. The van der Waals surface area contributed by atoms with E-state index < -0.39 is 11.9 Å². The molecule has 0 spiro atoms. The first-order valence-corrected chi connectivity index (χ1v) is 5.21. The topological polar surface area (TPSA) is 38.9 Å². The van der Waals surface area contributed by atoms with E-state index in [1.54, 1.807) is 18.2 Å². The molecule has 0 aliphatic carbocycles. The van der Waals surface area contributed by atoms with Crippen LogP contribution in [0.15, 0.2) is 30.3 Å². The number of para-hydroxylation sites is 1. The molecule has 1 aromatic carbocycles. The predicted molar refractivity (Wildman–Crippen MR) is 62.5 cm³/mol. The fraction of sp³-hybridized carbons (Fsp3) is 0.250. The number of nitrogens with zero attached hydrogens (tertiary/aromatic N) is 1. The minimum absolute atomic E-state index is 0.0907. The van der Waals surface area contributed by atoms with Crippen LogP contribution in [-0.4, -0.2) is 4.98 Å². The molecule has 0 unspecified atom stereocenters. The van der Waals surface area contributed by atoms with Gasteiger partial charge in [-0.25, -0.2) is 4.98 Å². The van der Waals surface area contributed by atoms with Crippen molar-refractivity contribution in [2.24, 2.45) is 0 Å². The first-order chi connectivity index (χ1) is 7.98. The lowest BCUT2D eigenvalue weighted by Crippen LogP contribution is -2.08. The number of rotatable bonds is 0. The van der Waals surface area contributed by atoms with Crippen molar-refractivity contribution in [2.75, 3.05) is 5.73 Å². The normalized spacial score (nSPS) is 10.9. The third-order valence-corrected chi connectivity index (χ3v) is 2.04. The summed E-state index contributed by atoms with van der Waals surface area (Å²) in [6.07, 6.45) is -4.46. The standard InChI is InChI=1S/C10H7F3N2.C2H6/c11-10(12,13)9-5-7(14)6-3-1-2-4-8(6)15-9;1-2/h1-5H,(H2,14,15);1-2H3. The van der Waals surface area contributed by atoms with Crippen molar-refractivity contribution in [1.29, 1.82) is 0 Å². The lowest BCUT2D eigenvalue weighted by atomic mass is 10.1. The summed E-state index contributed by atoms with van der Waals surface area (Å²) in [7, 11) is 0. The molecule has 0 saturated carbocycles. The Morgan fingerprint density at radius 2 is 1.71 bits per heavy atom. The Kier molecular flexibility index (Phi) is 3.93. The van der Waals surface area contributed by atoms with Gasteiger partial charge in [-0.05, 0) is 12.1 Å². The van der Waals surface area contributed by atoms with Crippen LogP contribution in [0.3, 0.4) is 0 Å². The lowest BCUT2D eigenvalue weighted by Gasteiger charge is -2.08. The fourth-order valence-electron chi connectivity index (χ4n) is 1.35. The van der Waals surface area contributed by atoms with Gasteiger partial charge in [-0.1, -0.05) is 32.0 Å². The van der Waals surface area contributed by atoms with E-state index >= 15 is 0 Å². The first-order valence-electron chi connectivity index (χ1n) is 5.21. The quantitative estimate of drug-likeness (QED) is 0.761. The summed E-state index contributed by atoms with van der Waals surface area (Å²) in [5.74, 6) is 0. The molecule has 0 fully saturated rings. The van der Waals surface area contributed by atoms with Crippen molar-refractivity contribution >= 4 is 16.6 Å². The van der Waals surface area contributed by atoms with Gasteiger partial charge >= 0.3 is 6.18 Å². The number of halogens is 3. The summed E-state index contributed by atoms with van der Waals surface area (Å²) in [5.41, 5.74) is 4.90. The molecule has 2 aromatic rings. The third kappa shape index (κ3) is 2.87. The summed E-state index contributed by atoms with van der Waals surface area (Å²) in [6.45, 7) is 4.00. The van der Waals surface area contributed by atoms with Gasteiger partial charge in [-0.15, -0.1) is 0 Å². The Balaban J connectivity index is 0.000000686. The summed E-state index contributed by atoms with van der Waals surface area (Å²) in [4.78, 5) is 3.50. The van der Waals surface area contributed by atoms with Crippen molar-refractivity contribution in [1.82, 2.24) is 4.98 Å². The van der Waals surface area contributed by atoms with Gasteiger partial charge < -0.3 is 5.73 Å². The number of nitrogens with two attached hydrogens (primary N) is 1. The monoisotopic (exact) mass is 242 g/mol. The predicted octanol–water partition coefficient (Wildman–Crippen LogP) is 3.86. The van der Waals surface area contributed by atoms with Crippen molar-refractivity contribution in [3.63, 3.8) is 0 Å². The van der Waals surface area contributed by atoms with Crippen molar-refractivity contribution < 1.29 is 13.2 Å². The van der Waals surface area contributed by atoms with E-state index in [-0.39, 0.29) is 11.2 Å². The van der Waals surface area contributed by atoms with Gasteiger partial charge in [-0.2, -0.15) is 13.2 Å². The Bertz CT molecular complexity index is 507. The Morgan fingerprint density at radius 1 is 1.12 bits per heavy atom. The van der Waals surface area contributed by atoms with Crippen molar-refractivity contribution in [3.05, 3.63) is 36.0 Å². The minimum Gasteiger partial charge on any atom is -0.398 e. The number of hydrogen-bond acceptors (Lipinski definition) is 2. The smallest absolute Gasteiger partial charge is 0.398 e. The zero-order valence-corrected chi connectivity index (χ0v) is 9.55. The molecule has 17 heavy (non-hydrogen) atoms. The molecular formula is C12H13F3N2. The second-order valence-corrected chi connectivity index (χ2v) is 3.11. The van der Waals surface area contributed by atoms with Gasteiger partial charge in [0, 0.05) is 11.1 Å². The summed E-state index contributed by atoms with van der Waals surface area (Å²) in [6, 6.07) is 7.31. The van der Waals surface area contributed by atoms with Crippen LogP contribution in [0.4, 0.5) is 18.9 Å². The number of fused-ring (bicyclic) bond motifs is 1. The summed E-state index contributed by atoms with van der Waals surface area (Å²) >= 11 is 0. The molecular weight excluding hydrogens is 229 g/mol. The largest absolute Gasteiger partial charge is 0.433 e. The number of benzene rings is 1. The second kappa shape index (κ2) is 5.03. The highest BCUT2D eigenvalue weighted by Crippen LogP contribution is 2.31. The molecule has 0 bridgehead atoms. The zero-order chi connectivity index (χ0) is 13.1. The van der Waals surface area contributed by atoms with Gasteiger partial charge in [-0.3, -0.25) is 0 Å². The molecule has 2 rings (SSSR count). The van der Waals surface area contributed by atoms with Crippen LogP contribution in [0, 0.1) is 0 Å². The number of alkyl halides is 3. The van der Waals surface area contributed by atoms with Crippen LogP contribution in [0.25, 0.3) is 10.9 Å². The lowest BCUT2D eigenvalue weighted by molar-refractivity contribution is -0.140. The van der Waals surface area contributed by atoms with E-state index in [1.807, 2.05) is 13.8 Å². The molecule has 92 valence electrons. The molecule has 0 amide bonds. The van der Waals surface area contributed by atoms with Crippen LogP contribution < -0.4 is 5.73 Å². The van der Waals surface area contributed by atoms with E-state index in [9.17, 15) is 13.2 Å². The van der Waals surface area contributed by atoms with Gasteiger partial charge in [0.05, 0.1) is 5.52 Å². The molecule has 0 radical (unpaired) electrons. The van der Waals surface area contributed by atoms with E-state index in [2.05, 4.69) is 4.98 Å². The average molecular weight is 242 g/mol. The summed E-state index contributed by atoms with van der Waals surface area (Å²) < 4.78 is 37.1. The SMILES string of the molecule is CC.Nc1cc(C(F)(F)F)nc2ccccc12.